The number of ether oxygens (including phenoxy) is 1. The van der Waals surface area contributed by atoms with E-state index in [0.29, 0.717) is 42.2 Å². The summed E-state index contributed by atoms with van der Waals surface area (Å²) in [5.41, 5.74) is 2.43. The Morgan fingerprint density at radius 1 is 1.32 bits per heavy atom. The van der Waals surface area contributed by atoms with Gasteiger partial charge in [-0.25, -0.2) is 27.8 Å². The van der Waals surface area contributed by atoms with Crippen molar-refractivity contribution < 1.29 is 17.9 Å². The number of hydrogen-bond donors (Lipinski definition) is 0. The van der Waals surface area contributed by atoms with Gasteiger partial charge in [0.2, 0.25) is 0 Å². The van der Waals surface area contributed by atoms with E-state index < -0.39 is 12.2 Å². The molecule has 1 aliphatic heterocycles. The molecule has 166 valence electrons. The lowest BCUT2D eigenvalue weighted by Crippen LogP contribution is -2.47. The third kappa shape index (κ3) is 3.96. The number of halogens is 4. The molecule has 0 spiro atoms. The molecule has 1 fully saturated rings. The Morgan fingerprint density at radius 2 is 2.06 bits per heavy atom. The predicted octanol–water partition coefficient (Wildman–Crippen LogP) is 4.60. The predicted molar refractivity (Wildman–Crippen MR) is 112 cm³/mol. The van der Waals surface area contributed by atoms with Crippen molar-refractivity contribution in [2.75, 3.05) is 26.2 Å². The van der Waals surface area contributed by atoms with Crippen LogP contribution in [-0.2, 0) is 0 Å². The monoisotopic (exact) mass is 453 g/mol. The van der Waals surface area contributed by atoms with Gasteiger partial charge in [0.25, 0.3) is 6.43 Å². The molecule has 3 heterocycles. The fourth-order valence-corrected chi connectivity index (χ4v) is 4.37. The van der Waals surface area contributed by atoms with Crippen LogP contribution < -0.4 is 4.74 Å². The Labute approximate surface area is 183 Å². The van der Waals surface area contributed by atoms with Gasteiger partial charge in [-0.3, -0.25) is 4.90 Å². The van der Waals surface area contributed by atoms with Crippen LogP contribution in [0.4, 0.5) is 13.2 Å². The SMILES string of the molecule is CCOc1c(C(C)n2nc(C)c3cncnc32)cc(Cl)c(F)c1C1CN(CC(F)F)C1. The van der Waals surface area contributed by atoms with Crippen molar-refractivity contribution in [3.05, 3.63) is 46.3 Å². The summed E-state index contributed by atoms with van der Waals surface area (Å²) < 4.78 is 48.1. The average Bonchev–Trinajstić information content (AvgIpc) is 3.04. The molecule has 0 saturated carbocycles. The van der Waals surface area contributed by atoms with Gasteiger partial charge in [0.05, 0.1) is 35.3 Å². The third-order valence-corrected chi connectivity index (χ3v) is 5.93. The molecule has 0 amide bonds. The minimum absolute atomic E-state index is 0.0320. The molecule has 0 N–H and O–H groups in total. The van der Waals surface area contributed by atoms with Crippen LogP contribution in [0.25, 0.3) is 11.0 Å². The van der Waals surface area contributed by atoms with Gasteiger partial charge in [0.1, 0.15) is 17.9 Å². The van der Waals surface area contributed by atoms with Crippen LogP contribution in [0.5, 0.6) is 5.75 Å². The lowest BCUT2D eigenvalue weighted by atomic mass is 9.87. The number of alkyl halides is 2. The Hall–Kier alpha value is -2.39. The molecule has 4 rings (SSSR count). The van der Waals surface area contributed by atoms with Crippen molar-refractivity contribution in [3.63, 3.8) is 0 Å². The fraction of sp³-hybridized carbons (Fsp3) is 0.476. The third-order valence-electron chi connectivity index (χ3n) is 5.66. The summed E-state index contributed by atoms with van der Waals surface area (Å²) in [6, 6.07) is 1.19. The highest BCUT2D eigenvalue weighted by molar-refractivity contribution is 6.31. The van der Waals surface area contributed by atoms with Crippen molar-refractivity contribution in [2.24, 2.45) is 0 Å². The van der Waals surface area contributed by atoms with Gasteiger partial charge in [0, 0.05) is 36.3 Å². The number of hydrogen-bond acceptors (Lipinski definition) is 5. The molecule has 3 aromatic rings. The van der Waals surface area contributed by atoms with Crippen molar-refractivity contribution in [1.82, 2.24) is 24.6 Å². The summed E-state index contributed by atoms with van der Waals surface area (Å²) in [6.45, 7) is 6.24. The molecular formula is C21H23ClF3N5O. The largest absolute Gasteiger partial charge is 0.493 e. The van der Waals surface area contributed by atoms with Crippen molar-refractivity contribution in [2.45, 2.75) is 39.2 Å². The maximum atomic E-state index is 15.1. The van der Waals surface area contributed by atoms with Gasteiger partial charge in [0.15, 0.2) is 5.65 Å². The van der Waals surface area contributed by atoms with Gasteiger partial charge in [-0.05, 0) is 26.8 Å². The highest BCUT2D eigenvalue weighted by atomic mass is 35.5. The first-order valence-corrected chi connectivity index (χ1v) is 10.5. The summed E-state index contributed by atoms with van der Waals surface area (Å²) in [5.74, 6) is -0.441. The quantitative estimate of drug-likeness (QED) is 0.523. The molecule has 0 aliphatic carbocycles. The van der Waals surface area contributed by atoms with E-state index in [4.69, 9.17) is 16.3 Å². The first-order chi connectivity index (χ1) is 14.8. The molecule has 0 radical (unpaired) electrons. The van der Waals surface area contributed by atoms with Crippen LogP contribution in [0.3, 0.4) is 0 Å². The molecule has 1 aliphatic rings. The van der Waals surface area contributed by atoms with Gasteiger partial charge in [-0.1, -0.05) is 11.6 Å². The number of fused-ring (bicyclic) bond motifs is 1. The summed E-state index contributed by atoms with van der Waals surface area (Å²) in [4.78, 5) is 10.0. The molecule has 10 heteroatoms. The lowest BCUT2D eigenvalue weighted by molar-refractivity contribution is 0.0453. The van der Waals surface area contributed by atoms with Crippen LogP contribution in [0.2, 0.25) is 5.02 Å². The number of rotatable bonds is 7. The van der Waals surface area contributed by atoms with Crippen LogP contribution in [0.1, 0.15) is 42.6 Å². The molecule has 1 unspecified atom stereocenters. The molecular weight excluding hydrogens is 431 g/mol. The van der Waals surface area contributed by atoms with E-state index in [1.807, 2.05) is 20.8 Å². The van der Waals surface area contributed by atoms with Gasteiger partial charge >= 0.3 is 0 Å². The molecule has 1 saturated heterocycles. The number of aryl methyl sites for hydroxylation is 1. The minimum atomic E-state index is -2.43. The van der Waals surface area contributed by atoms with E-state index in [1.165, 1.54) is 6.33 Å². The highest BCUT2D eigenvalue weighted by Crippen LogP contribution is 2.43. The number of aromatic nitrogens is 4. The fourth-order valence-electron chi connectivity index (χ4n) is 4.15. The second kappa shape index (κ2) is 8.63. The summed E-state index contributed by atoms with van der Waals surface area (Å²) >= 11 is 6.27. The van der Waals surface area contributed by atoms with Crippen LogP contribution in [0.15, 0.2) is 18.6 Å². The highest BCUT2D eigenvalue weighted by Gasteiger charge is 2.36. The maximum Gasteiger partial charge on any atom is 0.251 e. The second-order valence-electron chi connectivity index (χ2n) is 7.71. The Bertz CT molecular complexity index is 1100. The smallest absolute Gasteiger partial charge is 0.251 e. The van der Waals surface area contributed by atoms with Crippen molar-refractivity contribution >= 4 is 22.6 Å². The minimum Gasteiger partial charge on any atom is -0.493 e. The first kappa shape index (κ1) is 21.8. The van der Waals surface area contributed by atoms with Gasteiger partial charge in [-0.2, -0.15) is 5.10 Å². The van der Waals surface area contributed by atoms with E-state index >= 15 is 4.39 Å². The molecule has 31 heavy (non-hydrogen) atoms. The molecule has 1 aromatic carbocycles. The van der Waals surface area contributed by atoms with E-state index in [0.717, 1.165) is 11.1 Å². The summed E-state index contributed by atoms with van der Waals surface area (Å²) in [6.07, 6.45) is 0.725. The second-order valence-corrected chi connectivity index (χ2v) is 8.12. The standard InChI is InChI=1S/C21H23ClF3N5O/c1-4-31-20-14(12(3)30-21-15(11(2)28-30)6-26-10-27-21)5-16(22)19(25)18(20)13-7-29(8-13)9-17(23)24/h5-6,10,12-13,17H,4,7-9H2,1-3H3. The van der Waals surface area contributed by atoms with Crippen LogP contribution in [0, 0.1) is 12.7 Å². The van der Waals surface area contributed by atoms with Gasteiger partial charge in [-0.15, -0.1) is 0 Å². The zero-order chi connectivity index (χ0) is 22.3. The maximum absolute atomic E-state index is 15.1. The van der Waals surface area contributed by atoms with Crippen molar-refractivity contribution in [3.8, 4) is 5.75 Å². The van der Waals surface area contributed by atoms with E-state index in [2.05, 4.69) is 15.1 Å². The van der Waals surface area contributed by atoms with Crippen molar-refractivity contribution in [1.29, 1.82) is 0 Å². The zero-order valence-electron chi connectivity index (χ0n) is 17.4. The Kier molecular flexibility index (Phi) is 6.07. The molecule has 2 aromatic heterocycles. The number of likely N-dealkylation sites (tertiary alicyclic amines) is 1. The zero-order valence-corrected chi connectivity index (χ0v) is 18.2. The topological polar surface area (TPSA) is 56.1 Å². The van der Waals surface area contributed by atoms with E-state index in [-0.39, 0.29) is 23.5 Å². The molecule has 1 atom stereocenters. The van der Waals surface area contributed by atoms with Crippen LogP contribution in [-0.4, -0.2) is 57.3 Å². The number of nitrogens with zero attached hydrogens (tertiary/aromatic N) is 5. The summed E-state index contributed by atoms with van der Waals surface area (Å²) in [7, 11) is 0. The summed E-state index contributed by atoms with van der Waals surface area (Å²) in [5, 5.41) is 5.39. The van der Waals surface area contributed by atoms with E-state index in [1.54, 1.807) is 21.8 Å². The van der Waals surface area contributed by atoms with Crippen LogP contribution >= 0.6 is 11.6 Å². The first-order valence-electron chi connectivity index (χ1n) is 10.1. The molecule has 6 nitrogen and oxygen atoms in total. The lowest BCUT2D eigenvalue weighted by Gasteiger charge is -2.40. The Morgan fingerprint density at radius 3 is 2.74 bits per heavy atom. The Balaban J connectivity index is 1.78. The molecule has 0 bridgehead atoms. The van der Waals surface area contributed by atoms with E-state index in [9.17, 15) is 8.78 Å². The normalized spacial score (nSPS) is 16.1. The number of benzene rings is 1. The van der Waals surface area contributed by atoms with Gasteiger partial charge < -0.3 is 4.74 Å². The average molecular weight is 454 g/mol.